The van der Waals surface area contributed by atoms with Crippen molar-refractivity contribution in [3.63, 3.8) is 0 Å². The molecule has 7 heteroatoms. The van der Waals surface area contributed by atoms with Gasteiger partial charge in [-0.1, -0.05) is 6.92 Å². The van der Waals surface area contributed by atoms with Crippen LogP contribution in [0.3, 0.4) is 0 Å². The lowest BCUT2D eigenvalue weighted by atomic mass is 9.95. The van der Waals surface area contributed by atoms with Crippen molar-refractivity contribution >= 4 is 34.0 Å². The number of fused-ring (bicyclic) bond motifs is 1. The first-order valence-corrected chi connectivity index (χ1v) is 8.24. The summed E-state index contributed by atoms with van der Waals surface area (Å²) >= 11 is 1.60. The molecule has 22 heavy (non-hydrogen) atoms. The van der Waals surface area contributed by atoms with Crippen LogP contribution in [-0.4, -0.2) is 34.0 Å². The van der Waals surface area contributed by atoms with Gasteiger partial charge in [0.1, 0.15) is 10.7 Å². The van der Waals surface area contributed by atoms with Gasteiger partial charge < -0.3 is 10.7 Å². The number of rotatable bonds is 2. The summed E-state index contributed by atoms with van der Waals surface area (Å²) in [5.74, 6) is 1.25. The average molecular weight is 343 g/mol. The van der Waals surface area contributed by atoms with Gasteiger partial charge in [0.05, 0.1) is 11.9 Å². The summed E-state index contributed by atoms with van der Waals surface area (Å²) in [7, 11) is 0. The highest BCUT2D eigenvalue weighted by atomic mass is 35.5. The lowest BCUT2D eigenvalue weighted by Gasteiger charge is -2.34. The molecule has 0 radical (unpaired) electrons. The second kappa shape index (κ2) is 6.66. The molecule has 1 saturated heterocycles. The van der Waals surface area contributed by atoms with Gasteiger partial charge in [0.25, 0.3) is 5.56 Å². The van der Waals surface area contributed by atoms with E-state index >= 15 is 0 Å². The third-order valence-electron chi connectivity index (χ3n) is 4.52. The SMILES string of the molecule is Cc1sc2nc(CN3CCC(N)C(C)C3)[nH]c(=O)c2c1C.Cl. The molecule has 1 aliphatic rings. The van der Waals surface area contributed by atoms with E-state index in [-0.39, 0.29) is 18.0 Å². The number of nitrogens with zero attached hydrogens (tertiary/aromatic N) is 2. The zero-order valence-corrected chi connectivity index (χ0v) is 14.8. The van der Waals surface area contributed by atoms with E-state index in [1.807, 2.05) is 13.8 Å². The predicted molar refractivity (Wildman–Crippen MR) is 94.0 cm³/mol. The fraction of sp³-hybridized carbons (Fsp3) is 0.600. The van der Waals surface area contributed by atoms with Crippen LogP contribution in [-0.2, 0) is 6.54 Å². The Morgan fingerprint density at radius 2 is 2.18 bits per heavy atom. The second-order valence-electron chi connectivity index (χ2n) is 6.14. The molecule has 2 aromatic heterocycles. The van der Waals surface area contributed by atoms with Crippen molar-refractivity contribution < 1.29 is 0 Å². The van der Waals surface area contributed by atoms with Gasteiger partial charge in [-0.3, -0.25) is 9.69 Å². The Morgan fingerprint density at radius 3 is 2.86 bits per heavy atom. The number of thiophene rings is 1. The molecule has 0 saturated carbocycles. The number of aromatic amines is 1. The van der Waals surface area contributed by atoms with E-state index < -0.39 is 0 Å². The smallest absolute Gasteiger partial charge is 0.259 e. The Kier molecular flexibility index (Phi) is 5.27. The standard InChI is InChI=1S/C15H22N4OS.ClH/c1-8-6-19(5-4-11(8)16)7-12-17-14(20)13-9(2)10(3)21-15(13)18-12;/h8,11H,4-7,16H2,1-3H3,(H,17,18,20);1H. The van der Waals surface area contributed by atoms with E-state index in [1.165, 1.54) is 0 Å². The van der Waals surface area contributed by atoms with E-state index in [9.17, 15) is 4.79 Å². The van der Waals surface area contributed by atoms with E-state index in [0.29, 0.717) is 18.5 Å². The minimum absolute atomic E-state index is 0. The molecule has 0 aliphatic carbocycles. The summed E-state index contributed by atoms with van der Waals surface area (Å²) in [6, 6.07) is 0.290. The molecule has 0 spiro atoms. The normalized spacial score (nSPS) is 22.7. The first-order valence-electron chi connectivity index (χ1n) is 7.42. The Bertz CT molecular complexity index is 726. The maximum absolute atomic E-state index is 12.3. The largest absolute Gasteiger partial charge is 0.327 e. The Balaban J connectivity index is 0.00000176. The maximum atomic E-state index is 12.3. The fourth-order valence-electron chi connectivity index (χ4n) is 2.98. The van der Waals surface area contributed by atoms with Crippen LogP contribution >= 0.6 is 23.7 Å². The number of hydrogen-bond acceptors (Lipinski definition) is 5. The first-order chi connectivity index (χ1) is 9.95. The van der Waals surface area contributed by atoms with E-state index in [2.05, 4.69) is 21.8 Å². The van der Waals surface area contributed by atoms with Crippen molar-refractivity contribution in [1.82, 2.24) is 14.9 Å². The number of likely N-dealkylation sites (tertiary alicyclic amines) is 1. The Morgan fingerprint density at radius 1 is 1.45 bits per heavy atom. The molecule has 2 aromatic rings. The zero-order valence-electron chi connectivity index (χ0n) is 13.2. The zero-order chi connectivity index (χ0) is 15.1. The van der Waals surface area contributed by atoms with Gasteiger partial charge in [0, 0.05) is 24.0 Å². The van der Waals surface area contributed by atoms with Crippen LogP contribution in [0.15, 0.2) is 4.79 Å². The number of hydrogen-bond donors (Lipinski definition) is 2. The summed E-state index contributed by atoms with van der Waals surface area (Å²) in [5, 5.41) is 0.746. The molecule has 0 amide bonds. The molecular weight excluding hydrogens is 320 g/mol. The van der Waals surface area contributed by atoms with Gasteiger partial charge in [-0.05, 0) is 31.7 Å². The van der Waals surface area contributed by atoms with Crippen LogP contribution in [0.2, 0.25) is 0 Å². The van der Waals surface area contributed by atoms with Gasteiger partial charge in [-0.2, -0.15) is 0 Å². The summed E-state index contributed by atoms with van der Waals surface area (Å²) < 4.78 is 0. The van der Waals surface area contributed by atoms with Crippen molar-refractivity contribution in [2.75, 3.05) is 13.1 Å². The van der Waals surface area contributed by atoms with Crippen LogP contribution < -0.4 is 11.3 Å². The van der Waals surface area contributed by atoms with Crippen molar-refractivity contribution in [2.45, 2.75) is 39.8 Å². The van der Waals surface area contributed by atoms with E-state index in [0.717, 1.165) is 46.0 Å². The minimum atomic E-state index is -0.0152. The van der Waals surface area contributed by atoms with Crippen LogP contribution in [0.5, 0.6) is 0 Å². The highest BCUT2D eigenvalue weighted by Crippen LogP contribution is 2.26. The van der Waals surface area contributed by atoms with Gasteiger partial charge in [-0.25, -0.2) is 4.98 Å². The second-order valence-corrected chi connectivity index (χ2v) is 7.34. The summed E-state index contributed by atoms with van der Waals surface area (Å²) in [6.07, 6.45) is 1.00. The molecule has 5 nitrogen and oxygen atoms in total. The third kappa shape index (κ3) is 3.20. The highest BCUT2D eigenvalue weighted by Gasteiger charge is 2.23. The topological polar surface area (TPSA) is 75.0 Å². The number of halogens is 1. The molecule has 0 bridgehead atoms. The van der Waals surface area contributed by atoms with Crippen LogP contribution in [0.1, 0.15) is 29.6 Å². The fourth-order valence-corrected chi connectivity index (χ4v) is 4.03. The quantitative estimate of drug-likeness (QED) is 0.877. The first kappa shape index (κ1) is 17.4. The highest BCUT2D eigenvalue weighted by molar-refractivity contribution is 7.18. The van der Waals surface area contributed by atoms with Crippen LogP contribution in [0, 0.1) is 19.8 Å². The molecule has 1 fully saturated rings. The molecule has 122 valence electrons. The number of H-pyrrole nitrogens is 1. The van der Waals surface area contributed by atoms with Crippen molar-refractivity contribution in [2.24, 2.45) is 11.7 Å². The molecule has 2 atom stereocenters. The molecule has 0 aromatic carbocycles. The summed E-state index contributed by atoms with van der Waals surface area (Å²) in [6.45, 7) is 8.83. The number of aromatic nitrogens is 2. The van der Waals surface area contributed by atoms with Gasteiger partial charge in [0.2, 0.25) is 0 Å². The molecule has 1 aliphatic heterocycles. The molecule has 3 rings (SSSR count). The number of aryl methyl sites for hydroxylation is 2. The molecule has 3 heterocycles. The predicted octanol–water partition coefficient (Wildman–Crippen LogP) is 2.19. The molecular formula is C15H23ClN4OS. The number of nitrogens with one attached hydrogen (secondary N) is 1. The van der Waals surface area contributed by atoms with Gasteiger partial charge >= 0.3 is 0 Å². The van der Waals surface area contributed by atoms with Crippen molar-refractivity contribution in [3.8, 4) is 0 Å². The van der Waals surface area contributed by atoms with Gasteiger partial charge in [-0.15, -0.1) is 23.7 Å². The van der Waals surface area contributed by atoms with E-state index in [4.69, 9.17) is 5.73 Å². The summed E-state index contributed by atoms with van der Waals surface area (Å²) in [5.41, 5.74) is 7.09. The Labute approximate surface area is 140 Å². The van der Waals surface area contributed by atoms with Crippen molar-refractivity contribution in [3.05, 3.63) is 26.6 Å². The van der Waals surface area contributed by atoms with Gasteiger partial charge in [0.15, 0.2) is 0 Å². The van der Waals surface area contributed by atoms with Crippen molar-refractivity contribution in [1.29, 1.82) is 0 Å². The number of piperidine rings is 1. The Hall–Kier alpha value is -0.950. The third-order valence-corrected chi connectivity index (χ3v) is 5.62. The van der Waals surface area contributed by atoms with Crippen LogP contribution in [0.25, 0.3) is 10.2 Å². The lowest BCUT2D eigenvalue weighted by molar-refractivity contribution is 0.154. The minimum Gasteiger partial charge on any atom is -0.327 e. The summed E-state index contributed by atoms with van der Waals surface area (Å²) in [4.78, 5) is 24.2. The average Bonchev–Trinajstić information content (AvgIpc) is 2.70. The monoisotopic (exact) mass is 342 g/mol. The molecule has 2 unspecified atom stereocenters. The van der Waals surface area contributed by atoms with Crippen LogP contribution in [0.4, 0.5) is 0 Å². The lowest BCUT2D eigenvalue weighted by Crippen LogP contribution is -2.45. The molecule has 3 N–H and O–H groups in total. The maximum Gasteiger partial charge on any atom is 0.259 e. The van der Waals surface area contributed by atoms with E-state index in [1.54, 1.807) is 11.3 Å². The number of nitrogens with two attached hydrogens (primary N) is 1.